The van der Waals surface area contributed by atoms with Crippen LogP contribution in [0.1, 0.15) is 20.3 Å². The molecule has 0 aromatic heterocycles. The molecule has 0 atom stereocenters. The highest BCUT2D eigenvalue weighted by atomic mass is 16.1. The van der Waals surface area contributed by atoms with Gasteiger partial charge in [-0.15, -0.1) is 0 Å². The molecule has 0 fully saturated rings. The average molecular weight is 124 g/mol. The van der Waals surface area contributed by atoms with Crippen LogP contribution in [-0.2, 0) is 4.79 Å². The van der Waals surface area contributed by atoms with Gasteiger partial charge in [0.25, 0.3) is 0 Å². The summed E-state index contributed by atoms with van der Waals surface area (Å²) in [4.78, 5) is 10.3. The Labute approximate surface area is 56.1 Å². The topological polar surface area (TPSA) is 17.1 Å². The maximum absolute atomic E-state index is 10.3. The van der Waals surface area contributed by atoms with E-state index in [1.807, 2.05) is 26.0 Å². The highest BCUT2D eigenvalue weighted by Crippen LogP contribution is 1.93. The predicted molar refractivity (Wildman–Crippen MR) is 39.3 cm³/mol. The van der Waals surface area contributed by atoms with E-state index in [2.05, 4.69) is 0 Å². The maximum atomic E-state index is 10.3. The van der Waals surface area contributed by atoms with E-state index in [4.69, 9.17) is 0 Å². The monoisotopic (exact) mass is 124 g/mol. The van der Waals surface area contributed by atoms with Gasteiger partial charge in [-0.1, -0.05) is 26.0 Å². The predicted octanol–water partition coefficient (Wildman–Crippen LogP) is 2.10. The van der Waals surface area contributed by atoms with Crippen LogP contribution >= 0.6 is 0 Å². The third kappa shape index (κ3) is 3.71. The quantitative estimate of drug-likeness (QED) is 0.483. The van der Waals surface area contributed by atoms with Crippen LogP contribution in [-0.4, -0.2) is 5.78 Å². The van der Waals surface area contributed by atoms with Gasteiger partial charge in [-0.25, -0.2) is 0 Å². The second-order valence-corrected chi connectivity index (χ2v) is 1.44. The minimum atomic E-state index is 0.103. The van der Waals surface area contributed by atoms with E-state index in [0.717, 1.165) is 6.42 Å². The van der Waals surface area contributed by atoms with E-state index in [1.54, 1.807) is 12.2 Å². The summed E-state index contributed by atoms with van der Waals surface area (Å²) in [6.45, 7) is 4.00. The van der Waals surface area contributed by atoms with Gasteiger partial charge < -0.3 is 0 Å². The Balaban J connectivity index is 0.000000291. The zero-order valence-electron chi connectivity index (χ0n) is 5.92. The van der Waals surface area contributed by atoms with Gasteiger partial charge in [0.05, 0.1) is 0 Å². The molecule has 0 aromatic carbocycles. The van der Waals surface area contributed by atoms with Gasteiger partial charge >= 0.3 is 0 Å². The minimum absolute atomic E-state index is 0.103. The van der Waals surface area contributed by atoms with Crippen molar-refractivity contribution in [1.29, 1.82) is 0 Å². The number of carbonyl (C=O) groups is 1. The molecular weight excluding hydrogens is 112 g/mol. The molecule has 1 aliphatic rings. The number of carbonyl (C=O) groups excluding carboxylic acids is 1. The van der Waals surface area contributed by atoms with Crippen molar-refractivity contribution < 1.29 is 4.79 Å². The van der Waals surface area contributed by atoms with Crippen LogP contribution in [0.5, 0.6) is 0 Å². The van der Waals surface area contributed by atoms with E-state index in [0.29, 0.717) is 0 Å². The Hall–Kier alpha value is -0.850. The van der Waals surface area contributed by atoms with Crippen molar-refractivity contribution in [3.63, 3.8) is 0 Å². The number of hydrogen-bond donors (Lipinski definition) is 0. The zero-order chi connectivity index (χ0) is 7.11. The molecule has 1 rings (SSSR count). The Bertz CT molecular complexity index is 118. The highest BCUT2D eigenvalue weighted by Gasteiger charge is 1.89. The summed E-state index contributed by atoms with van der Waals surface area (Å²) in [6.07, 6.45) is 7.77. The summed E-state index contributed by atoms with van der Waals surface area (Å²) in [6, 6.07) is 0. The molecule has 0 heterocycles. The second-order valence-electron chi connectivity index (χ2n) is 1.44. The van der Waals surface area contributed by atoms with Gasteiger partial charge in [-0.2, -0.15) is 0 Å². The fraction of sp³-hybridized carbons (Fsp3) is 0.375. The van der Waals surface area contributed by atoms with Crippen molar-refractivity contribution >= 4 is 5.78 Å². The maximum Gasteiger partial charge on any atom is 0.178 e. The number of ketones is 1. The summed E-state index contributed by atoms with van der Waals surface area (Å²) in [5.41, 5.74) is 0. The summed E-state index contributed by atoms with van der Waals surface area (Å²) < 4.78 is 0. The normalized spacial score (nSPS) is 14.7. The van der Waals surface area contributed by atoms with Crippen molar-refractivity contribution in [2.45, 2.75) is 20.3 Å². The fourth-order valence-corrected chi connectivity index (χ4v) is 0.503. The summed E-state index contributed by atoms with van der Waals surface area (Å²) >= 11 is 0. The average Bonchev–Trinajstić information content (AvgIpc) is 1.94. The molecule has 0 amide bonds. The van der Waals surface area contributed by atoms with Gasteiger partial charge in [0.1, 0.15) is 0 Å². The Kier molecular flexibility index (Phi) is 4.79. The van der Waals surface area contributed by atoms with E-state index < -0.39 is 0 Å². The van der Waals surface area contributed by atoms with Gasteiger partial charge in [-0.3, -0.25) is 4.79 Å². The molecule has 0 bridgehead atoms. The molecule has 0 saturated heterocycles. The van der Waals surface area contributed by atoms with Gasteiger partial charge in [-0.05, 0) is 18.6 Å². The largest absolute Gasteiger partial charge is 0.290 e. The molecule has 0 radical (unpaired) electrons. The number of hydrogen-bond acceptors (Lipinski definition) is 1. The Morgan fingerprint density at radius 3 is 1.89 bits per heavy atom. The third-order valence-corrected chi connectivity index (χ3v) is 0.836. The summed E-state index contributed by atoms with van der Waals surface area (Å²) in [5, 5.41) is 0. The van der Waals surface area contributed by atoms with Crippen LogP contribution in [0.15, 0.2) is 24.3 Å². The van der Waals surface area contributed by atoms with Gasteiger partial charge in [0.15, 0.2) is 5.78 Å². The molecule has 0 N–H and O–H groups in total. The molecule has 0 unspecified atom stereocenters. The lowest BCUT2D eigenvalue weighted by Crippen LogP contribution is -1.87. The van der Waals surface area contributed by atoms with Crippen LogP contribution < -0.4 is 0 Å². The van der Waals surface area contributed by atoms with Crippen LogP contribution in [0, 0.1) is 0 Å². The number of allylic oxidation sites excluding steroid dienone is 4. The van der Waals surface area contributed by atoms with Crippen molar-refractivity contribution in [2.24, 2.45) is 0 Å². The SMILES string of the molecule is CC.O=C1C=CCC=C1. The standard InChI is InChI=1S/C6H6O.C2H6/c7-6-4-2-1-3-5-6;1-2/h2-5H,1H2;1-2H3. The molecular formula is C8H12O. The molecule has 0 aliphatic heterocycles. The van der Waals surface area contributed by atoms with Crippen molar-refractivity contribution in [2.75, 3.05) is 0 Å². The van der Waals surface area contributed by atoms with E-state index in [-0.39, 0.29) is 5.78 Å². The van der Waals surface area contributed by atoms with Crippen LogP contribution in [0.2, 0.25) is 0 Å². The molecule has 0 aromatic rings. The van der Waals surface area contributed by atoms with Crippen molar-refractivity contribution in [3.8, 4) is 0 Å². The van der Waals surface area contributed by atoms with Gasteiger partial charge in [0, 0.05) is 0 Å². The molecule has 0 saturated carbocycles. The first-order valence-corrected chi connectivity index (χ1v) is 3.26. The minimum Gasteiger partial charge on any atom is -0.290 e. The zero-order valence-corrected chi connectivity index (χ0v) is 5.92. The smallest absolute Gasteiger partial charge is 0.178 e. The first-order chi connectivity index (χ1) is 4.39. The van der Waals surface area contributed by atoms with Crippen LogP contribution in [0.4, 0.5) is 0 Å². The van der Waals surface area contributed by atoms with E-state index in [1.165, 1.54) is 0 Å². The van der Waals surface area contributed by atoms with Crippen LogP contribution in [0.25, 0.3) is 0 Å². The lowest BCUT2D eigenvalue weighted by molar-refractivity contribution is -0.110. The molecule has 0 spiro atoms. The van der Waals surface area contributed by atoms with E-state index >= 15 is 0 Å². The Morgan fingerprint density at radius 1 is 1.22 bits per heavy atom. The van der Waals surface area contributed by atoms with Crippen molar-refractivity contribution in [1.82, 2.24) is 0 Å². The second kappa shape index (κ2) is 5.29. The molecule has 1 aliphatic carbocycles. The molecule has 1 heteroatoms. The van der Waals surface area contributed by atoms with Crippen LogP contribution in [0.3, 0.4) is 0 Å². The van der Waals surface area contributed by atoms with Crippen molar-refractivity contribution in [3.05, 3.63) is 24.3 Å². The summed E-state index contributed by atoms with van der Waals surface area (Å²) in [5.74, 6) is 0.103. The molecule has 50 valence electrons. The highest BCUT2D eigenvalue weighted by molar-refractivity contribution is 5.99. The molecule has 1 nitrogen and oxygen atoms in total. The van der Waals surface area contributed by atoms with Gasteiger partial charge in [0.2, 0.25) is 0 Å². The summed E-state index contributed by atoms with van der Waals surface area (Å²) in [7, 11) is 0. The first kappa shape index (κ1) is 8.15. The molecule has 9 heavy (non-hydrogen) atoms. The number of rotatable bonds is 0. The Morgan fingerprint density at radius 2 is 1.67 bits per heavy atom. The lowest BCUT2D eigenvalue weighted by atomic mass is 10.2. The fourth-order valence-electron chi connectivity index (χ4n) is 0.503. The third-order valence-electron chi connectivity index (χ3n) is 0.836. The van der Waals surface area contributed by atoms with E-state index in [9.17, 15) is 4.79 Å². The first-order valence-electron chi connectivity index (χ1n) is 3.26. The lowest BCUT2D eigenvalue weighted by Gasteiger charge is -1.87.